The fraction of sp³-hybridized carbons (Fsp3) is 0.929. The highest BCUT2D eigenvalue weighted by molar-refractivity contribution is 5.68. The zero-order valence-corrected chi connectivity index (χ0v) is 12.0. The number of nitrogens with zero attached hydrogens (tertiary/aromatic N) is 1. The van der Waals surface area contributed by atoms with E-state index in [4.69, 9.17) is 4.74 Å². The molecule has 1 unspecified atom stereocenters. The van der Waals surface area contributed by atoms with Crippen LogP contribution in [0.5, 0.6) is 0 Å². The van der Waals surface area contributed by atoms with E-state index < -0.39 is 5.60 Å². The van der Waals surface area contributed by atoms with Crippen LogP contribution in [0, 0.1) is 5.92 Å². The van der Waals surface area contributed by atoms with Gasteiger partial charge < -0.3 is 9.64 Å². The van der Waals surface area contributed by atoms with E-state index >= 15 is 0 Å². The average molecular weight is 241 g/mol. The van der Waals surface area contributed by atoms with Crippen molar-refractivity contribution in [1.82, 2.24) is 4.90 Å². The maximum atomic E-state index is 12.1. The molecule has 1 atom stereocenters. The van der Waals surface area contributed by atoms with E-state index in [1.165, 1.54) is 6.42 Å². The summed E-state index contributed by atoms with van der Waals surface area (Å²) >= 11 is 0. The largest absolute Gasteiger partial charge is 0.444 e. The van der Waals surface area contributed by atoms with Crippen molar-refractivity contribution in [3.63, 3.8) is 0 Å². The first-order valence-electron chi connectivity index (χ1n) is 6.79. The third-order valence-electron chi connectivity index (χ3n) is 3.00. The second-order valence-corrected chi connectivity index (χ2v) is 6.45. The Bertz CT molecular complexity index is 255. The van der Waals surface area contributed by atoms with Crippen LogP contribution in [0.25, 0.3) is 0 Å². The topological polar surface area (TPSA) is 29.5 Å². The molecule has 0 N–H and O–H groups in total. The lowest BCUT2D eigenvalue weighted by Crippen LogP contribution is -2.46. The van der Waals surface area contributed by atoms with Gasteiger partial charge >= 0.3 is 6.09 Å². The molecule has 1 aliphatic rings. The molecule has 0 radical (unpaired) electrons. The van der Waals surface area contributed by atoms with Crippen molar-refractivity contribution in [1.29, 1.82) is 0 Å². The van der Waals surface area contributed by atoms with Crippen molar-refractivity contribution in [2.75, 3.05) is 6.54 Å². The maximum absolute atomic E-state index is 12.1. The fourth-order valence-corrected chi connectivity index (χ4v) is 2.35. The molecule has 1 heterocycles. The summed E-state index contributed by atoms with van der Waals surface area (Å²) in [5, 5.41) is 0. The van der Waals surface area contributed by atoms with Crippen molar-refractivity contribution < 1.29 is 9.53 Å². The molecule has 100 valence electrons. The molecular formula is C14H27NO2. The lowest BCUT2D eigenvalue weighted by Gasteiger charge is -2.37. The molecule has 3 nitrogen and oxygen atoms in total. The van der Waals surface area contributed by atoms with Crippen LogP contribution in [0.15, 0.2) is 0 Å². The predicted octanol–water partition coefficient (Wildman–Crippen LogP) is 3.82. The number of hydrogen-bond acceptors (Lipinski definition) is 2. The van der Waals surface area contributed by atoms with Crippen molar-refractivity contribution >= 4 is 6.09 Å². The molecule has 17 heavy (non-hydrogen) atoms. The number of rotatable bonds is 2. The van der Waals surface area contributed by atoms with E-state index in [1.807, 2.05) is 25.7 Å². The molecule has 1 fully saturated rings. The van der Waals surface area contributed by atoms with Crippen molar-refractivity contribution in [3.05, 3.63) is 0 Å². The van der Waals surface area contributed by atoms with Gasteiger partial charge in [0.15, 0.2) is 0 Å². The number of amides is 1. The van der Waals surface area contributed by atoms with Gasteiger partial charge in [-0.05, 0) is 52.4 Å². The Kier molecular flexibility index (Phi) is 4.84. The minimum absolute atomic E-state index is 0.136. The number of ether oxygens (including phenoxy) is 1. The fourth-order valence-electron chi connectivity index (χ4n) is 2.35. The molecule has 0 bridgehead atoms. The van der Waals surface area contributed by atoms with Gasteiger partial charge in [0.2, 0.25) is 0 Å². The lowest BCUT2D eigenvalue weighted by atomic mass is 9.94. The van der Waals surface area contributed by atoms with Gasteiger partial charge in [0.05, 0.1) is 0 Å². The van der Waals surface area contributed by atoms with E-state index in [-0.39, 0.29) is 6.09 Å². The van der Waals surface area contributed by atoms with Gasteiger partial charge in [-0.2, -0.15) is 0 Å². The standard InChI is InChI=1S/C14H27NO2/c1-11(2)10-12-8-6-7-9-15(12)13(16)17-14(3,4)5/h11-12H,6-10H2,1-5H3. The number of piperidine rings is 1. The Labute approximate surface area is 106 Å². The van der Waals surface area contributed by atoms with Crippen LogP contribution in [0.3, 0.4) is 0 Å². The number of hydrogen-bond donors (Lipinski definition) is 0. The molecule has 0 aromatic heterocycles. The van der Waals surface area contributed by atoms with Crippen LogP contribution >= 0.6 is 0 Å². The summed E-state index contributed by atoms with van der Waals surface area (Å²) < 4.78 is 5.48. The molecular weight excluding hydrogens is 214 g/mol. The summed E-state index contributed by atoms with van der Waals surface area (Å²) in [6, 6.07) is 0.374. The van der Waals surface area contributed by atoms with Crippen LogP contribution < -0.4 is 0 Å². The summed E-state index contributed by atoms with van der Waals surface area (Å²) in [6.45, 7) is 11.0. The first-order chi connectivity index (χ1) is 7.79. The molecule has 0 saturated carbocycles. The number of likely N-dealkylation sites (tertiary alicyclic amines) is 1. The average Bonchev–Trinajstić information content (AvgIpc) is 2.14. The van der Waals surface area contributed by atoms with Gasteiger partial charge in [-0.1, -0.05) is 13.8 Å². The second-order valence-electron chi connectivity index (χ2n) is 6.45. The normalized spacial score (nSPS) is 21.8. The Morgan fingerprint density at radius 2 is 2.00 bits per heavy atom. The van der Waals surface area contributed by atoms with Crippen LogP contribution in [0.2, 0.25) is 0 Å². The lowest BCUT2D eigenvalue weighted by molar-refractivity contribution is 0.00747. The van der Waals surface area contributed by atoms with Gasteiger partial charge in [-0.15, -0.1) is 0 Å². The Balaban J connectivity index is 2.61. The van der Waals surface area contributed by atoms with Gasteiger partial charge in [0.25, 0.3) is 0 Å². The summed E-state index contributed by atoms with van der Waals surface area (Å²) in [6.07, 6.45) is 4.41. The summed E-state index contributed by atoms with van der Waals surface area (Å²) in [5.41, 5.74) is -0.392. The van der Waals surface area contributed by atoms with E-state index in [0.717, 1.165) is 25.8 Å². The van der Waals surface area contributed by atoms with Gasteiger partial charge in [-0.3, -0.25) is 0 Å². The third kappa shape index (κ3) is 4.97. The highest BCUT2D eigenvalue weighted by Gasteiger charge is 2.30. The molecule has 0 spiro atoms. The summed E-state index contributed by atoms with van der Waals surface area (Å²) in [7, 11) is 0. The molecule has 1 aliphatic heterocycles. The molecule has 3 heteroatoms. The SMILES string of the molecule is CC(C)CC1CCCCN1C(=O)OC(C)(C)C. The molecule has 0 aromatic carbocycles. The highest BCUT2D eigenvalue weighted by Crippen LogP contribution is 2.24. The highest BCUT2D eigenvalue weighted by atomic mass is 16.6. The number of carbonyl (C=O) groups excluding carboxylic acids is 1. The zero-order valence-electron chi connectivity index (χ0n) is 12.0. The second kappa shape index (κ2) is 5.74. The predicted molar refractivity (Wildman–Crippen MR) is 70.0 cm³/mol. The Morgan fingerprint density at radius 1 is 1.35 bits per heavy atom. The summed E-state index contributed by atoms with van der Waals surface area (Å²) in [4.78, 5) is 14.0. The minimum Gasteiger partial charge on any atom is -0.444 e. The number of carbonyl (C=O) groups is 1. The van der Waals surface area contributed by atoms with Crippen molar-refractivity contribution in [3.8, 4) is 0 Å². The van der Waals surface area contributed by atoms with E-state index in [9.17, 15) is 4.79 Å². The quantitative estimate of drug-likeness (QED) is 0.735. The van der Waals surface area contributed by atoms with Gasteiger partial charge in [-0.25, -0.2) is 4.79 Å². The van der Waals surface area contributed by atoms with E-state index in [1.54, 1.807) is 0 Å². The Hall–Kier alpha value is -0.730. The molecule has 0 aliphatic carbocycles. The van der Waals surface area contributed by atoms with Gasteiger partial charge in [0.1, 0.15) is 5.60 Å². The minimum atomic E-state index is -0.392. The molecule has 0 aromatic rings. The smallest absolute Gasteiger partial charge is 0.410 e. The Morgan fingerprint density at radius 3 is 2.53 bits per heavy atom. The van der Waals surface area contributed by atoms with Crippen LogP contribution in [-0.2, 0) is 4.74 Å². The maximum Gasteiger partial charge on any atom is 0.410 e. The first kappa shape index (κ1) is 14.3. The van der Waals surface area contributed by atoms with Crippen molar-refractivity contribution in [2.24, 2.45) is 5.92 Å². The van der Waals surface area contributed by atoms with Gasteiger partial charge in [0, 0.05) is 12.6 Å². The third-order valence-corrected chi connectivity index (χ3v) is 3.00. The van der Waals surface area contributed by atoms with E-state index in [2.05, 4.69) is 13.8 Å². The zero-order chi connectivity index (χ0) is 13.1. The monoisotopic (exact) mass is 241 g/mol. The molecule has 1 saturated heterocycles. The van der Waals surface area contributed by atoms with Crippen LogP contribution in [-0.4, -0.2) is 29.2 Å². The van der Waals surface area contributed by atoms with Crippen LogP contribution in [0.4, 0.5) is 4.79 Å². The molecule has 1 amide bonds. The van der Waals surface area contributed by atoms with Crippen LogP contribution in [0.1, 0.15) is 60.3 Å². The molecule has 1 rings (SSSR count). The van der Waals surface area contributed by atoms with E-state index in [0.29, 0.717) is 12.0 Å². The first-order valence-corrected chi connectivity index (χ1v) is 6.79. The van der Waals surface area contributed by atoms with Crippen molar-refractivity contribution in [2.45, 2.75) is 71.9 Å². The summed E-state index contributed by atoms with van der Waals surface area (Å²) in [5.74, 6) is 0.628.